The van der Waals surface area contributed by atoms with E-state index in [1.807, 2.05) is 36.7 Å². The Hall–Kier alpha value is -1.17. The highest BCUT2D eigenvalue weighted by Gasteiger charge is 2.17. The van der Waals surface area contributed by atoms with E-state index in [9.17, 15) is 4.79 Å². The third kappa shape index (κ3) is 6.24. The van der Waals surface area contributed by atoms with Gasteiger partial charge in [0.15, 0.2) is 0 Å². The van der Waals surface area contributed by atoms with Crippen LogP contribution in [-0.4, -0.2) is 30.1 Å². The third-order valence-corrected chi connectivity index (χ3v) is 5.97. The van der Waals surface area contributed by atoms with Gasteiger partial charge < -0.3 is 5.32 Å². The number of thioether (sulfide) groups is 1. The molecule has 0 amide bonds. The van der Waals surface area contributed by atoms with E-state index in [4.69, 9.17) is 4.98 Å². The van der Waals surface area contributed by atoms with Gasteiger partial charge in [0.25, 0.3) is 0 Å². The largest absolute Gasteiger partial charge is 0.320 e. The fourth-order valence-corrected chi connectivity index (χ4v) is 4.23. The van der Waals surface area contributed by atoms with E-state index in [0.29, 0.717) is 5.92 Å². The topological polar surface area (TPSA) is 42.0 Å². The van der Waals surface area contributed by atoms with Crippen LogP contribution in [0.1, 0.15) is 66.4 Å². The Bertz CT molecular complexity index is 654. The first-order chi connectivity index (χ1) is 12.1. The standard InChI is InChI=1S/C20H28N2OS2/c1-15(2)17-11-10-16(19(23)18-9-8-14-24-18)20(22-17)25-13-7-5-4-6-12-21-3/h8-11,14-15,21H,4-7,12-13H2,1-3H3. The van der Waals surface area contributed by atoms with E-state index in [-0.39, 0.29) is 5.78 Å². The van der Waals surface area contributed by atoms with Crippen molar-refractivity contribution in [2.24, 2.45) is 0 Å². The van der Waals surface area contributed by atoms with Crippen LogP contribution in [0, 0.1) is 0 Å². The average molecular weight is 377 g/mol. The van der Waals surface area contributed by atoms with Crippen molar-refractivity contribution < 1.29 is 4.79 Å². The molecule has 0 aliphatic rings. The molecule has 0 radical (unpaired) electrons. The van der Waals surface area contributed by atoms with Crippen LogP contribution in [-0.2, 0) is 0 Å². The molecule has 0 saturated carbocycles. The van der Waals surface area contributed by atoms with Gasteiger partial charge >= 0.3 is 0 Å². The van der Waals surface area contributed by atoms with Crippen molar-refractivity contribution >= 4 is 28.9 Å². The molecule has 0 aliphatic carbocycles. The summed E-state index contributed by atoms with van der Waals surface area (Å²) < 4.78 is 0. The van der Waals surface area contributed by atoms with Gasteiger partial charge in [0.1, 0.15) is 5.03 Å². The lowest BCUT2D eigenvalue weighted by Gasteiger charge is -2.11. The minimum Gasteiger partial charge on any atom is -0.320 e. The van der Waals surface area contributed by atoms with Gasteiger partial charge in [-0.1, -0.05) is 32.8 Å². The number of unbranched alkanes of at least 4 members (excludes halogenated alkanes) is 3. The van der Waals surface area contributed by atoms with Crippen molar-refractivity contribution in [2.45, 2.75) is 50.5 Å². The number of carbonyl (C=O) groups is 1. The predicted molar refractivity (Wildman–Crippen MR) is 109 cm³/mol. The molecule has 0 spiro atoms. The molecule has 0 aromatic carbocycles. The number of rotatable bonds is 11. The Morgan fingerprint density at radius 3 is 2.68 bits per heavy atom. The molecule has 2 heterocycles. The molecule has 2 rings (SSSR count). The first-order valence-corrected chi connectivity index (χ1v) is 10.9. The number of nitrogens with zero attached hydrogens (tertiary/aromatic N) is 1. The molecule has 1 N–H and O–H groups in total. The second-order valence-corrected chi connectivity index (χ2v) is 8.45. The Labute approximate surface area is 159 Å². The van der Waals surface area contributed by atoms with E-state index in [0.717, 1.165) is 39.9 Å². The van der Waals surface area contributed by atoms with Crippen molar-refractivity contribution in [3.63, 3.8) is 0 Å². The number of hydrogen-bond acceptors (Lipinski definition) is 5. The van der Waals surface area contributed by atoms with Gasteiger partial charge in [-0.05, 0) is 61.7 Å². The highest BCUT2D eigenvalue weighted by molar-refractivity contribution is 7.99. The van der Waals surface area contributed by atoms with E-state index in [1.165, 1.54) is 30.6 Å². The van der Waals surface area contributed by atoms with Crippen LogP contribution in [0.15, 0.2) is 34.7 Å². The van der Waals surface area contributed by atoms with Crippen LogP contribution in [0.25, 0.3) is 0 Å². The lowest BCUT2D eigenvalue weighted by molar-refractivity contribution is 0.103. The summed E-state index contributed by atoms with van der Waals surface area (Å²) in [6.45, 7) is 5.36. The molecular weight excluding hydrogens is 348 g/mol. The lowest BCUT2D eigenvalue weighted by atomic mass is 10.1. The SMILES string of the molecule is CNCCCCCCSc1nc(C(C)C)ccc1C(=O)c1cccs1. The summed E-state index contributed by atoms with van der Waals surface area (Å²) in [4.78, 5) is 18.3. The Kier molecular flexibility index (Phi) is 8.65. The van der Waals surface area contributed by atoms with Gasteiger partial charge in [0, 0.05) is 5.69 Å². The molecule has 0 atom stereocenters. The number of aromatic nitrogens is 1. The molecule has 0 aliphatic heterocycles. The molecule has 2 aromatic rings. The minimum atomic E-state index is 0.0920. The highest BCUT2D eigenvalue weighted by atomic mass is 32.2. The van der Waals surface area contributed by atoms with Crippen LogP contribution >= 0.6 is 23.1 Å². The van der Waals surface area contributed by atoms with Gasteiger partial charge in [-0.15, -0.1) is 23.1 Å². The molecule has 2 aromatic heterocycles. The van der Waals surface area contributed by atoms with Gasteiger partial charge in [0.2, 0.25) is 5.78 Å². The summed E-state index contributed by atoms with van der Waals surface area (Å²) in [5, 5.41) is 6.02. The zero-order chi connectivity index (χ0) is 18.1. The molecule has 0 unspecified atom stereocenters. The molecule has 25 heavy (non-hydrogen) atoms. The average Bonchev–Trinajstić information content (AvgIpc) is 3.15. The van der Waals surface area contributed by atoms with Gasteiger partial charge in [-0.3, -0.25) is 4.79 Å². The number of hydrogen-bond donors (Lipinski definition) is 1. The molecular formula is C20H28N2OS2. The van der Waals surface area contributed by atoms with Crippen LogP contribution < -0.4 is 5.32 Å². The predicted octanol–water partition coefficient (Wildman–Crippen LogP) is 5.37. The minimum absolute atomic E-state index is 0.0920. The van der Waals surface area contributed by atoms with Crippen molar-refractivity contribution in [3.8, 4) is 0 Å². The Morgan fingerprint density at radius 1 is 1.20 bits per heavy atom. The fraction of sp³-hybridized carbons (Fsp3) is 0.500. The maximum Gasteiger partial charge on any atom is 0.205 e. The lowest BCUT2D eigenvalue weighted by Crippen LogP contribution is -2.07. The number of pyridine rings is 1. The second-order valence-electron chi connectivity index (χ2n) is 6.42. The van der Waals surface area contributed by atoms with Crippen LogP contribution in [0.2, 0.25) is 0 Å². The molecule has 136 valence electrons. The van der Waals surface area contributed by atoms with Gasteiger partial charge in [0.05, 0.1) is 10.4 Å². The fourth-order valence-electron chi connectivity index (χ4n) is 2.53. The first-order valence-electron chi connectivity index (χ1n) is 9.00. The molecule has 0 saturated heterocycles. The normalized spacial score (nSPS) is 11.2. The smallest absolute Gasteiger partial charge is 0.205 e. The summed E-state index contributed by atoms with van der Waals surface area (Å²) in [6.07, 6.45) is 4.87. The quantitative estimate of drug-likeness (QED) is 0.325. The molecule has 3 nitrogen and oxygen atoms in total. The van der Waals surface area contributed by atoms with E-state index < -0.39 is 0 Å². The van der Waals surface area contributed by atoms with Crippen molar-refractivity contribution in [3.05, 3.63) is 45.8 Å². The number of carbonyl (C=O) groups excluding carboxylic acids is 1. The summed E-state index contributed by atoms with van der Waals surface area (Å²) in [6, 6.07) is 7.76. The monoisotopic (exact) mass is 376 g/mol. The Balaban J connectivity index is 2.02. The second kappa shape index (κ2) is 10.7. The summed E-state index contributed by atoms with van der Waals surface area (Å²) in [5.41, 5.74) is 1.80. The van der Waals surface area contributed by atoms with Gasteiger partial charge in [-0.2, -0.15) is 0 Å². The Morgan fingerprint density at radius 2 is 2.00 bits per heavy atom. The summed E-state index contributed by atoms with van der Waals surface area (Å²) in [5.74, 6) is 1.47. The molecule has 0 fully saturated rings. The number of nitrogens with one attached hydrogen (secondary N) is 1. The van der Waals surface area contributed by atoms with Crippen LogP contribution in [0.5, 0.6) is 0 Å². The molecule has 5 heteroatoms. The van der Waals surface area contributed by atoms with Crippen molar-refractivity contribution in [1.29, 1.82) is 0 Å². The first kappa shape index (κ1) is 20.1. The summed E-state index contributed by atoms with van der Waals surface area (Å²) >= 11 is 3.22. The zero-order valence-electron chi connectivity index (χ0n) is 15.4. The van der Waals surface area contributed by atoms with Crippen LogP contribution in [0.3, 0.4) is 0 Å². The highest BCUT2D eigenvalue weighted by Crippen LogP contribution is 2.27. The maximum atomic E-state index is 12.8. The maximum absolute atomic E-state index is 12.8. The number of ketones is 1. The zero-order valence-corrected chi connectivity index (χ0v) is 17.0. The van der Waals surface area contributed by atoms with E-state index in [1.54, 1.807) is 11.8 Å². The van der Waals surface area contributed by atoms with Crippen molar-refractivity contribution in [1.82, 2.24) is 10.3 Å². The van der Waals surface area contributed by atoms with Gasteiger partial charge in [-0.25, -0.2) is 4.98 Å². The third-order valence-electron chi connectivity index (χ3n) is 4.02. The van der Waals surface area contributed by atoms with E-state index in [2.05, 4.69) is 19.2 Å². The summed E-state index contributed by atoms with van der Waals surface area (Å²) in [7, 11) is 2.00. The van der Waals surface area contributed by atoms with Crippen LogP contribution in [0.4, 0.5) is 0 Å². The van der Waals surface area contributed by atoms with E-state index >= 15 is 0 Å². The number of thiophene rings is 1. The van der Waals surface area contributed by atoms with Crippen molar-refractivity contribution in [2.75, 3.05) is 19.3 Å². The molecule has 0 bridgehead atoms.